The Hall–Kier alpha value is -0.570. The van der Waals surface area contributed by atoms with E-state index < -0.39 is 0 Å². The molecule has 0 atom stereocenters. The summed E-state index contributed by atoms with van der Waals surface area (Å²) in [4.78, 5) is 14.7. The second-order valence-corrected chi connectivity index (χ2v) is 3.23. The third-order valence-corrected chi connectivity index (χ3v) is 1.72. The highest BCUT2D eigenvalue weighted by Gasteiger charge is 1.90. The standard InChI is InChI=1S/C8H13NOS/c1-6(5-7(2)10)9-8(3)11-4/h5H,1-4H3/b6-5+,9-8?. The molecule has 0 N–H and O–H groups in total. The fourth-order valence-electron chi connectivity index (χ4n) is 0.620. The molecule has 62 valence electrons. The fourth-order valence-corrected chi connectivity index (χ4v) is 0.856. The molecule has 0 unspecified atom stereocenters. The van der Waals surface area contributed by atoms with Gasteiger partial charge in [-0.05, 0) is 27.0 Å². The molecule has 11 heavy (non-hydrogen) atoms. The molecule has 3 heteroatoms. The average Bonchev–Trinajstić information content (AvgIpc) is 1.85. The highest BCUT2D eigenvalue weighted by Crippen LogP contribution is 2.02. The minimum atomic E-state index is 0.0418. The fraction of sp³-hybridized carbons (Fsp3) is 0.500. The maximum Gasteiger partial charge on any atom is 0.154 e. The molecule has 0 bridgehead atoms. The number of carbonyl (C=O) groups is 1. The van der Waals surface area contributed by atoms with Gasteiger partial charge in [0.1, 0.15) is 0 Å². The van der Waals surface area contributed by atoms with E-state index in [9.17, 15) is 4.79 Å². The molecule has 0 heterocycles. The first kappa shape index (κ1) is 10.4. The van der Waals surface area contributed by atoms with E-state index in [-0.39, 0.29) is 5.78 Å². The van der Waals surface area contributed by atoms with E-state index in [1.807, 2.05) is 20.1 Å². The van der Waals surface area contributed by atoms with E-state index in [1.165, 1.54) is 13.0 Å². The average molecular weight is 171 g/mol. The second kappa shape index (κ2) is 5.13. The molecule has 0 rings (SSSR count). The number of ketones is 1. The highest BCUT2D eigenvalue weighted by molar-refractivity contribution is 8.13. The summed E-state index contributed by atoms with van der Waals surface area (Å²) in [5.74, 6) is 0.0418. The van der Waals surface area contributed by atoms with E-state index in [1.54, 1.807) is 11.8 Å². The van der Waals surface area contributed by atoms with Crippen LogP contribution in [0.2, 0.25) is 0 Å². The van der Waals surface area contributed by atoms with Crippen LogP contribution in [0, 0.1) is 0 Å². The van der Waals surface area contributed by atoms with Gasteiger partial charge in [-0.25, -0.2) is 0 Å². The van der Waals surface area contributed by atoms with Gasteiger partial charge in [-0.1, -0.05) is 0 Å². The van der Waals surface area contributed by atoms with E-state index in [0.29, 0.717) is 0 Å². The van der Waals surface area contributed by atoms with Crippen molar-refractivity contribution in [1.29, 1.82) is 0 Å². The SMILES string of the molecule is CSC(C)=N/C(C)=C/C(C)=O. The van der Waals surface area contributed by atoms with Gasteiger partial charge in [0, 0.05) is 11.8 Å². The molecule has 0 radical (unpaired) electrons. The Labute approximate surface area is 71.8 Å². The van der Waals surface area contributed by atoms with Crippen LogP contribution < -0.4 is 0 Å². The number of rotatable bonds is 2. The number of thioether (sulfide) groups is 1. The molecule has 0 spiro atoms. The Morgan fingerprint density at radius 1 is 1.36 bits per heavy atom. The molecular weight excluding hydrogens is 158 g/mol. The molecular formula is C8H13NOS. The number of allylic oxidation sites excluding steroid dienone is 2. The third kappa shape index (κ3) is 5.85. The molecule has 0 amide bonds. The summed E-state index contributed by atoms with van der Waals surface area (Å²) in [6.07, 6.45) is 3.49. The normalized spacial score (nSPS) is 13.5. The van der Waals surface area contributed by atoms with Crippen molar-refractivity contribution in [2.24, 2.45) is 4.99 Å². The third-order valence-electron chi connectivity index (χ3n) is 1.04. The summed E-state index contributed by atoms with van der Waals surface area (Å²) in [6.45, 7) is 5.26. The van der Waals surface area contributed by atoms with Crippen molar-refractivity contribution in [3.8, 4) is 0 Å². The van der Waals surface area contributed by atoms with Gasteiger partial charge in [-0.15, -0.1) is 11.8 Å². The van der Waals surface area contributed by atoms with Crippen LogP contribution in [0.5, 0.6) is 0 Å². The molecule has 0 aromatic carbocycles. The number of aliphatic imine (C=N–C) groups is 1. The molecule has 0 aromatic heterocycles. The largest absolute Gasteiger partial charge is 0.295 e. The number of hydrogen-bond acceptors (Lipinski definition) is 3. The Balaban J connectivity index is 4.26. The molecule has 0 saturated carbocycles. The smallest absolute Gasteiger partial charge is 0.154 e. The first-order valence-electron chi connectivity index (χ1n) is 3.34. The molecule has 0 aliphatic carbocycles. The van der Waals surface area contributed by atoms with Gasteiger partial charge in [0.25, 0.3) is 0 Å². The predicted octanol–water partition coefficient (Wildman–Crippen LogP) is 2.26. The zero-order valence-electron chi connectivity index (χ0n) is 7.34. The Bertz CT molecular complexity index is 206. The van der Waals surface area contributed by atoms with Crippen LogP contribution >= 0.6 is 11.8 Å². The van der Waals surface area contributed by atoms with Gasteiger partial charge in [0.05, 0.1) is 5.04 Å². The topological polar surface area (TPSA) is 29.4 Å². The lowest BCUT2D eigenvalue weighted by atomic mass is 10.3. The van der Waals surface area contributed by atoms with Crippen LogP contribution in [0.4, 0.5) is 0 Å². The van der Waals surface area contributed by atoms with Gasteiger partial charge >= 0.3 is 0 Å². The quantitative estimate of drug-likeness (QED) is 0.362. The first-order valence-corrected chi connectivity index (χ1v) is 4.57. The van der Waals surface area contributed by atoms with Gasteiger partial charge in [-0.3, -0.25) is 9.79 Å². The van der Waals surface area contributed by atoms with Crippen molar-refractivity contribution in [2.45, 2.75) is 20.8 Å². The summed E-state index contributed by atoms with van der Waals surface area (Å²) < 4.78 is 0. The van der Waals surface area contributed by atoms with Gasteiger partial charge in [0.15, 0.2) is 5.78 Å². The molecule has 0 aliphatic heterocycles. The van der Waals surface area contributed by atoms with Crippen molar-refractivity contribution in [1.82, 2.24) is 0 Å². The lowest BCUT2D eigenvalue weighted by molar-refractivity contribution is -0.112. The zero-order chi connectivity index (χ0) is 8.85. The van der Waals surface area contributed by atoms with Crippen LogP contribution in [0.15, 0.2) is 16.8 Å². The molecule has 0 fully saturated rings. The monoisotopic (exact) mass is 171 g/mol. The van der Waals surface area contributed by atoms with Gasteiger partial charge in [-0.2, -0.15) is 0 Å². The van der Waals surface area contributed by atoms with Crippen molar-refractivity contribution >= 4 is 22.6 Å². The Morgan fingerprint density at radius 3 is 2.27 bits per heavy atom. The van der Waals surface area contributed by atoms with Crippen molar-refractivity contribution in [3.05, 3.63) is 11.8 Å². The number of nitrogens with zero attached hydrogens (tertiary/aromatic N) is 1. The second-order valence-electron chi connectivity index (χ2n) is 2.23. The van der Waals surface area contributed by atoms with Gasteiger partial charge in [0.2, 0.25) is 0 Å². The summed E-state index contributed by atoms with van der Waals surface area (Å²) in [6, 6.07) is 0. The summed E-state index contributed by atoms with van der Waals surface area (Å²) in [7, 11) is 0. The highest BCUT2D eigenvalue weighted by atomic mass is 32.2. The molecule has 0 aliphatic rings. The molecule has 2 nitrogen and oxygen atoms in total. The molecule has 0 saturated heterocycles. The van der Waals surface area contributed by atoms with E-state index in [2.05, 4.69) is 4.99 Å². The van der Waals surface area contributed by atoms with Crippen LogP contribution in [-0.4, -0.2) is 17.1 Å². The van der Waals surface area contributed by atoms with Crippen LogP contribution in [0.25, 0.3) is 0 Å². The Kier molecular flexibility index (Phi) is 4.86. The van der Waals surface area contributed by atoms with Crippen molar-refractivity contribution in [3.63, 3.8) is 0 Å². The molecule has 0 aromatic rings. The number of hydrogen-bond donors (Lipinski definition) is 0. The van der Waals surface area contributed by atoms with Gasteiger partial charge < -0.3 is 0 Å². The van der Waals surface area contributed by atoms with Crippen molar-refractivity contribution < 1.29 is 4.79 Å². The Morgan fingerprint density at radius 2 is 1.91 bits per heavy atom. The summed E-state index contributed by atoms with van der Waals surface area (Å²) >= 11 is 1.58. The van der Waals surface area contributed by atoms with E-state index >= 15 is 0 Å². The predicted molar refractivity (Wildman–Crippen MR) is 51.1 cm³/mol. The van der Waals surface area contributed by atoms with Crippen molar-refractivity contribution in [2.75, 3.05) is 6.26 Å². The summed E-state index contributed by atoms with van der Waals surface area (Å²) in [5.41, 5.74) is 0.768. The summed E-state index contributed by atoms with van der Waals surface area (Å²) in [5, 5.41) is 0.972. The number of carbonyl (C=O) groups excluding carboxylic acids is 1. The zero-order valence-corrected chi connectivity index (χ0v) is 8.16. The lowest BCUT2D eigenvalue weighted by Crippen LogP contribution is -1.86. The van der Waals surface area contributed by atoms with Crippen LogP contribution in [0.3, 0.4) is 0 Å². The minimum absolute atomic E-state index is 0.0418. The minimum Gasteiger partial charge on any atom is -0.295 e. The maximum atomic E-state index is 10.6. The maximum absolute atomic E-state index is 10.6. The van der Waals surface area contributed by atoms with Crippen LogP contribution in [-0.2, 0) is 4.79 Å². The first-order chi connectivity index (χ1) is 5.06. The van der Waals surface area contributed by atoms with E-state index in [0.717, 1.165) is 10.7 Å². The van der Waals surface area contributed by atoms with E-state index in [4.69, 9.17) is 0 Å². The van der Waals surface area contributed by atoms with Crippen LogP contribution in [0.1, 0.15) is 20.8 Å². The lowest BCUT2D eigenvalue weighted by Gasteiger charge is -1.93.